The number of piperidine rings is 1. The molecular formula is C20H30N6O2. The molecule has 8 heteroatoms. The maximum absolute atomic E-state index is 11.8. The summed E-state index contributed by atoms with van der Waals surface area (Å²) in [5.41, 5.74) is 1.99. The van der Waals surface area contributed by atoms with Crippen molar-refractivity contribution in [3.63, 3.8) is 0 Å². The molecule has 0 radical (unpaired) electrons. The largest absolute Gasteiger partial charge is 0.366 e. The van der Waals surface area contributed by atoms with Crippen molar-refractivity contribution in [2.75, 3.05) is 24.6 Å². The standard InChI is InChI=1S/C20H30N6O2/c1-4-5-7-26-20-18(14(24-26)9-13(2)3)19(21-12-22-20)25-8-6-16-15(10-25)23-17(27)11-28-16/h12-13,15-16H,4-11H2,1-3H3,(H,23,27)/t15-,16+/m0/s1. The van der Waals surface area contributed by atoms with Crippen LogP contribution in [0.5, 0.6) is 0 Å². The smallest absolute Gasteiger partial charge is 0.246 e. The lowest BCUT2D eigenvalue weighted by Crippen LogP contribution is -2.60. The van der Waals surface area contributed by atoms with E-state index in [-0.39, 0.29) is 24.7 Å². The van der Waals surface area contributed by atoms with Gasteiger partial charge in [-0.05, 0) is 25.2 Å². The highest BCUT2D eigenvalue weighted by Gasteiger charge is 2.36. The van der Waals surface area contributed by atoms with Crippen LogP contribution in [0.4, 0.5) is 5.82 Å². The van der Waals surface area contributed by atoms with Crippen LogP contribution < -0.4 is 10.2 Å². The Morgan fingerprint density at radius 1 is 1.36 bits per heavy atom. The van der Waals surface area contributed by atoms with Crippen LogP contribution in [0.2, 0.25) is 0 Å². The van der Waals surface area contributed by atoms with E-state index >= 15 is 0 Å². The average Bonchev–Trinajstić information content (AvgIpc) is 3.02. The third kappa shape index (κ3) is 3.70. The fourth-order valence-electron chi connectivity index (χ4n) is 4.19. The summed E-state index contributed by atoms with van der Waals surface area (Å²) < 4.78 is 7.74. The molecule has 8 nitrogen and oxygen atoms in total. The Morgan fingerprint density at radius 3 is 3.00 bits per heavy atom. The first-order chi connectivity index (χ1) is 13.6. The Hall–Kier alpha value is -2.22. The van der Waals surface area contributed by atoms with Crippen molar-refractivity contribution in [1.82, 2.24) is 25.1 Å². The monoisotopic (exact) mass is 386 g/mol. The number of rotatable bonds is 6. The Kier molecular flexibility index (Phi) is 5.48. The zero-order valence-electron chi connectivity index (χ0n) is 17.0. The number of morpholine rings is 1. The van der Waals surface area contributed by atoms with Crippen LogP contribution in [-0.2, 0) is 22.5 Å². The van der Waals surface area contributed by atoms with Crippen molar-refractivity contribution in [2.45, 2.75) is 65.1 Å². The summed E-state index contributed by atoms with van der Waals surface area (Å²) in [5, 5.41) is 9.05. The van der Waals surface area contributed by atoms with Gasteiger partial charge in [0.2, 0.25) is 5.91 Å². The van der Waals surface area contributed by atoms with Gasteiger partial charge < -0.3 is 15.0 Å². The molecule has 2 atom stereocenters. The molecule has 0 saturated carbocycles. The average molecular weight is 387 g/mol. The molecule has 2 aromatic heterocycles. The molecule has 2 fully saturated rings. The van der Waals surface area contributed by atoms with Gasteiger partial charge in [0.15, 0.2) is 5.65 Å². The van der Waals surface area contributed by atoms with Gasteiger partial charge in [0.05, 0.1) is 23.2 Å². The minimum Gasteiger partial charge on any atom is -0.366 e. The van der Waals surface area contributed by atoms with Gasteiger partial charge in [-0.25, -0.2) is 14.6 Å². The minimum absolute atomic E-state index is 0.00343. The molecule has 0 unspecified atom stereocenters. The van der Waals surface area contributed by atoms with Gasteiger partial charge in [-0.1, -0.05) is 27.2 Å². The van der Waals surface area contributed by atoms with E-state index in [2.05, 4.69) is 41.0 Å². The Morgan fingerprint density at radius 2 is 2.21 bits per heavy atom. The number of aromatic nitrogens is 4. The first-order valence-electron chi connectivity index (χ1n) is 10.4. The van der Waals surface area contributed by atoms with Gasteiger partial charge in [-0.2, -0.15) is 5.10 Å². The number of hydrogen-bond acceptors (Lipinski definition) is 6. The molecule has 2 saturated heterocycles. The number of aryl methyl sites for hydroxylation is 1. The highest BCUT2D eigenvalue weighted by atomic mass is 16.5. The van der Waals surface area contributed by atoms with Crippen molar-refractivity contribution >= 4 is 22.8 Å². The lowest BCUT2D eigenvalue weighted by atomic mass is 9.99. The van der Waals surface area contributed by atoms with Gasteiger partial charge >= 0.3 is 0 Å². The van der Waals surface area contributed by atoms with Crippen LogP contribution in [0.1, 0.15) is 45.7 Å². The molecule has 28 heavy (non-hydrogen) atoms. The Bertz CT molecular complexity index is 849. The lowest BCUT2D eigenvalue weighted by Gasteiger charge is -2.41. The predicted molar refractivity (Wildman–Crippen MR) is 107 cm³/mol. The predicted octanol–water partition coefficient (Wildman–Crippen LogP) is 1.92. The summed E-state index contributed by atoms with van der Waals surface area (Å²) >= 11 is 0. The SMILES string of the molecule is CCCCn1nc(CC(C)C)c2c(N3CC[C@H]4OCC(=O)N[C@H]4C3)ncnc21. The van der Waals surface area contributed by atoms with E-state index in [0.29, 0.717) is 12.5 Å². The molecule has 0 spiro atoms. The molecule has 2 aliphatic heterocycles. The van der Waals surface area contributed by atoms with Crippen molar-refractivity contribution in [2.24, 2.45) is 5.92 Å². The first-order valence-corrected chi connectivity index (χ1v) is 10.4. The molecule has 2 aromatic rings. The van der Waals surface area contributed by atoms with Crippen molar-refractivity contribution in [1.29, 1.82) is 0 Å². The van der Waals surface area contributed by atoms with E-state index in [0.717, 1.165) is 61.3 Å². The zero-order valence-corrected chi connectivity index (χ0v) is 17.0. The van der Waals surface area contributed by atoms with Crippen LogP contribution in [0.25, 0.3) is 11.0 Å². The van der Waals surface area contributed by atoms with Gasteiger partial charge in [0.1, 0.15) is 18.8 Å². The van der Waals surface area contributed by atoms with Gasteiger partial charge in [0, 0.05) is 19.6 Å². The van der Waals surface area contributed by atoms with Crippen LogP contribution in [0.3, 0.4) is 0 Å². The molecular weight excluding hydrogens is 356 g/mol. The number of nitrogens with one attached hydrogen (secondary N) is 1. The fraction of sp³-hybridized carbons (Fsp3) is 0.700. The van der Waals surface area contributed by atoms with E-state index in [1.165, 1.54) is 0 Å². The second kappa shape index (κ2) is 8.03. The number of hydrogen-bond donors (Lipinski definition) is 1. The van der Waals surface area contributed by atoms with Crippen molar-refractivity contribution in [3.8, 4) is 0 Å². The van der Waals surface area contributed by atoms with Crippen LogP contribution in [0, 0.1) is 5.92 Å². The Balaban J connectivity index is 1.70. The lowest BCUT2D eigenvalue weighted by molar-refractivity contribution is -0.137. The summed E-state index contributed by atoms with van der Waals surface area (Å²) in [6, 6.07) is 0.00343. The molecule has 1 N–H and O–H groups in total. The molecule has 2 aliphatic rings. The van der Waals surface area contributed by atoms with Gasteiger partial charge in [-0.15, -0.1) is 0 Å². The Labute approximate surface area is 165 Å². The summed E-state index contributed by atoms with van der Waals surface area (Å²) in [7, 11) is 0. The van der Waals surface area contributed by atoms with Crippen LogP contribution in [0.15, 0.2) is 6.33 Å². The summed E-state index contributed by atoms with van der Waals surface area (Å²) in [6.45, 7) is 9.19. The summed E-state index contributed by atoms with van der Waals surface area (Å²) in [6.07, 6.45) is 5.70. The number of ether oxygens (including phenoxy) is 1. The number of nitrogens with zero attached hydrogens (tertiary/aromatic N) is 5. The van der Waals surface area contributed by atoms with Crippen molar-refractivity contribution in [3.05, 3.63) is 12.0 Å². The van der Waals surface area contributed by atoms with Crippen LogP contribution in [-0.4, -0.2) is 57.5 Å². The third-order valence-electron chi connectivity index (χ3n) is 5.53. The topological polar surface area (TPSA) is 85.2 Å². The number of unbranched alkanes of at least 4 members (excludes halogenated alkanes) is 1. The molecule has 152 valence electrons. The number of anilines is 1. The molecule has 1 amide bonds. The fourth-order valence-corrected chi connectivity index (χ4v) is 4.19. The highest BCUT2D eigenvalue weighted by molar-refractivity contribution is 5.90. The molecule has 0 aromatic carbocycles. The van der Waals surface area contributed by atoms with Crippen molar-refractivity contribution < 1.29 is 9.53 Å². The van der Waals surface area contributed by atoms with Gasteiger partial charge in [0.25, 0.3) is 0 Å². The normalized spacial score (nSPS) is 22.6. The maximum atomic E-state index is 11.8. The second-order valence-corrected chi connectivity index (χ2v) is 8.28. The maximum Gasteiger partial charge on any atom is 0.246 e. The molecule has 4 heterocycles. The summed E-state index contributed by atoms with van der Waals surface area (Å²) in [5.74, 6) is 1.40. The molecule has 0 aliphatic carbocycles. The molecule has 4 rings (SSSR count). The second-order valence-electron chi connectivity index (χ2n) is 8.28. The van der Waals surface area contributed by atoms with Gasteiger partial charge in [-0.3, -0.25) is 4.79 Å². The van der Waals surface area contributed by atoms with E-state index in [9.17, 15) is 4.79 Å². The number of carbonyl (C=O) groups excluding carboxylic acids is 1. The highest BCUT2D eigenvalue weighted by Crippen LogP contribution is 2.31. The van der Waals surface area contributed by atoms with E-state index in [4.69, 9.17) is 9.84 Å². The molecule has 0 bridgehead atoms. The summed E-state index contributed by atoms with van der Waals surface area (Å²) in [4.78, 5) is 23.3. The quantitative estimate of drug-likeness (QED) is 0.816. The minimum atomic E-state index is -0.0381. The number of amides is 1. The zero-order chi connectivity index (χ0) is 19.7. The first kappa shape index (κ1) is 19.1. The van der Waals surface area contributed by atoms with E-state index in [1.807, 2.05) is 4.68 Å². The van der Waals surface area contributed by atoms with E-state index in [1.54, 1.807) is 6.33 Å². The third-order valence-corrected chi connectivity index (χ3v) is 5.53. The van der Waals surface area contributed by atoms with E-state index < -0.39 is 0 Å². The number of carbonyl (C=O) groups is 1. The number of fused-ring (bicyclic) bond motifs is 2. The van der Waals surface area contributed by atoms with Crippen LogP contribution >= 0.6 is 0 Å².